The van der Waals surface area contributed by atoms with Gasteiger partial charge in [0.15, 0.2) is 11.6 Å². The Morgan fingerprint density at radius 1 is 1.14 bits per heavy atom. The second-order valence-corrected chi connectivity index (χ2v) is 2.66. The summed E-state index contributed by atoms with van der Waals surface area (Å²) in [6.07, 6.45) is -4.96. The van der Waals surface area contributed by atoms with E-state index in [1.54, 1.807) is 0 Å². The molecule has 0 aliphatic carbocycles. The van der Waals surface area contributed by atoms with Crippen LogP contribution in [0.1, 0.15) is 0 Å². The topological polar surface area (TPSA) is 9.23 Å². The third kappa shape index (κ3) is 2.73. The van der Waals surface area contributed by atoms with E-state index in [-0.39, 0.29) is 6.07 Å². The molecule has 0 radical (unpaired) electrons. The van der Waals surface area contributed by atoms with Gasteiger partial charge in [-0.15, -0.1) is 13.2 Å². The number of hydrogen-bond acceptors (Lipinski definition) is 1. The average Bonchev–Trinajstić information content (AvgIpc) is 1.96. The molecule has 0 N–H and O–H groups in total. The number of ether oxygens (including phenoxy) is 1. The lowest BCUT2D eigenvalue weighted by atomic mass is 10.3. The van der Waals surface area contributed by atoms with Gasteiger partial charge >= 0.3 is 6.36 Å². The van der Waals surface area contributed by atoms with Crippen LogP contribution in [0.15, 0.2) is 12.1 Å². The summed E-state index contributed by atoms with van der Waals surface area (Å²) in [5.41, 5.74) is 0. The molecule has 0 aliphatic rings. The van der Waals surface area contributed by atoms with E-state index in [1.165, 1.54) is 0 Å². The van der Waals surface area contributed by atoms with Gasteiger partial charge in [0, 0.05) is 12.1 Å². The second kappa shape index (κ2) is 3.61. The van der Waals surface area contributed by atoms with Crippen LogP contribution in [0.4, 0.5) is 22.0 Å². The summed E-state index contributed by atoms with van der Waals surface area (Å²) in [4.78, 5) is 0. The summed E-state index contributed by atoms with van der Waals surface area (Å²) in [6.45, 7) is 0. The van der Waals surface area contributed by atoms with Gasteiger partial charge in [0.05, 0.1) is 5.02 Å². The molecule has 0 heterocycles. The SMILES string of the molecule is Fc1cc(OC(F)(F)F)cc(Cl)c1F. The van der Waals surface area contributed by atoms with Crippen LogP contribution in [-0.2, 0) is 0 Å². The monoisotopic (exact) mass is 232 g/mol. The highest BCUT2D eigenvalue weighted by molar-refractivity contribution is 6.30. The van der Waals surface area contributed by atoms with Crippen molar-refractivity contribution in [2.45, 2.75) is 6.36 Å². The van der Waals surface area contributed by atoms with Gasteiger partial charge in [0.2, 0.25) is 0 Å². The maximum atomic E-state index is 12.5. The normalized spacial score (nSPS) is 11.6. The molecule has 7 heteroatoms. The quantitative estimate of drug-likeness (QED) is 0.532. The maximum absolute atomic E-state index is 12.5. The van der Waals surface area contributed by atoms with Crippen LogP contribution in [0.25, 0.3) is 0 Å². The lowest BCUT2D eigenvalue weighted by molar-refractivity contribution is -0.274. The van der Waals surface area contributed by atoms with E-state index < -0.39 is 28.8 Å². The van der Waals surface area contributed by atoms with E-state index in [9.17, 15) is 22.0 Å². The van der Waals surface area contributed by atoms with Gasteiger partial charge in [-0.25, -0.2) is 8.78 Å². The van der Waals surface area contributed by atoms with Crippen LogP contribution >= 0.6 is 11.6 Å². The molecule has 78 valence electrons. The summed E-state index contributed by atoms with van der Waals surface area (Å²) < 4.78 is 63.2. The van der Waals surface area contributed by atoms with Crippen molar-refractivity contribution in [3.05, 3.63) is 28.8 Å². The molecule has 1 rings (SSSR count). The molecule has 0 aliphatic heterocycles. The van der Waals surface area contributed by atoms with Gasteiger partial charge in [0.25, 0.3) is 0 Å². The zero-order chi connectivity index (χ0) is 10.9. The number of benzene rings is 1. The zero-order valence-electron chi connectivity index (χ0n) is 6.33. The summed E-state index contributed by atoms with van der Waals surface area (Å²) in [5.74, 6) is -3.82. The number of alkyl halides is 3. The maximum Gasteiger partial charge on any atom is 0.573 e. The Morgan fingerprint density at radius 2 is 1.71 bits per heavy atom. The standard InChI is InChI=1S/C7H2ClF5O/c8-4-1-3(14-7(11,12)13)2-5(9)6(4)10/h1-2H. The Balaban J connectivity index is 3.02. The minimum absolute atomic E-state index is 0.259. The molecule has 0 unspecified atom stereocenters. The minimum Gasteiger partial charge on any atom is -0.406 e. The van der Waals surface area contributed by atoms with E-state index >= 15 is 0 Å². The highest BCUT2D eigenvalue weighted by Gasteiger charge is 2.31. The molecule has 0 saturated carbocycles. The Bertz CT molecular complexity index is 325. The van der Waals surface area contributed by atoms with E-state index in [0.29, 0.717) is 6.07 Å². The minimum atomic E-state index is -4.96. The smallest absolute Gasteiger partial charge is 0.406 e. The molecule has 0 aromatic heterocycles. The van der Waals surface area contributed by atoms with E-state index in [2.05, 4.69) is 4.74 Å². The van der Waals surface area contributed by atoms with Crippen molar-refractivity contribution >= 4 is 11.6 Å². The van der Waals surface area contributed by atoms with Crippen molar-refractivity contribution in [3.63, 3.8) is 0 Å². The van der Waals surface area contributed by atoms with E-state index in [0.717, 1.165) is 0 Å². The highest BCUT2D eigenvalue weighted by Crippen LogP contribution is 2.28. The number of hydrogen-bond donors (Lipinski definition) is 0. The molecule has 0 amide bonds. The van der Waals surface area contributed by atoms with Crippen molar-refractivity contribution in [2.75, 3.05) is 0 Å². The highest BCUT2D eigenvalue weighted by atomic mass is 35.5. The fraction of sp³-hybridized carbons (Fsp3) is 0.143. The van der Waals surface area contributed by atoms with Crippen LogP contribution in [0.2, 0.25) is 5.02 Å². The molecule has 1 nitrogen and oxygen atoms in total. The van der Waals surface area contributed by atoms with Crippen LogP contribution in [0.5, 0.6) is 5.75 Å². The lowest BCUT2D eigenvalue weighted by Gasteiger charge is -2.09. The Hall–Kier alpha value is -1.04. The zero-order valence-corrected chi connectivity index (χ0v) is 7.09. The Labute approximate surface area is 80.0 Å². The molecular formula is C7H2ClF5O. The molecule has 1 aromatic rings. The van der Waals surface area contributed by atoms with Crippen LogP contribution < -0.4 is 4.74 Å². The summed E-state index contributed by atoms with van der Waals surface area (Å²) in [5, 5.41) is -0.774. The Kier molecular flexibility index (Phi) is 2.84. The van der Waals surface area contributed by atoms with Crippen molar-refractivity contribution in [2.24, 2.45) is 0 Å². The predicted octanol–water partition coefficient (Wildman–Crippen LogP) is 3.52. The van der Waals surface area contributed by atoms with Crippen molar-refractivity contribution < 1.29 is 26.7 Å². The fourth-order valence-electron chi connectivity index (χ4n) is 0.725. The summed E-state index contributed by atoms with van der Waals surface area (Å²) in [7, 11) is 0. The van der Waals surface area contributed by atoms with Gasteiger partial charge in [-0.05, 0) is 0 Å². The molecular weight excluding hydrogens is 231 g/mol. The van der Waals surface area contributed by atoms with Crippen molar-refractivity contribution in [1.29, 1.82) is 0 Å². The number of halogens is 6. The van der Waals surface area contributed by atoms with Crippen molar-refractivity contribution in [3.8, 4) is 5.75 Å². The fourth-order valence-corrected chi connectivity index (χ4v) is 0.923. The molecule has 0 spiro atoms. The molecule has 1 aromatic carbocycles. The first-order chi connectivity index (χ1) is 6.29. The first kappa shape index (κ1) is 11.0. The van der Waals surface area contributed by atoms with Gasteiger partial charge in [-0.1, -0.05) is 11.6 Å². The second-order valence-electron chi connectivity index (χ2n) is 2.25. The largest absolute Gasteiger partial charge is 0.573 e. The van der Waals surface area contributed by atoms with Crippen molar-refractivity contribution in [1.82, 2.24) is 0 Å². The molecule has 0 saturated heterocycles. The first-order valence-electron chi connectivity index (χ1n) is 3.20. The molecule has 0 fully saturated rings. The number of rotatable bonds is 1. The summed E-state index contributed by atoms with van der Waals surface area (Å²) in [6, 6.07) is 0.794. The van der Waals surface area contributed by atoms with Crippen LogP contribution in [0, 0.1) is 11.6 Å². The third-order valence-electron chi connectivity index (χ3n) is 1.19. The van der Waals surface area contributed by atoms with E-state index in [1.807, 2.05) is 0 Å². The predicted molar refractivity (Wildman–Crippen MR) is 38.1 cm³/mol. The summed E-state index contributed by atoms with van der Waals surface area (Å²) >= 11 is 5.09. The molecule has 0 atom stereocenters. The van der Waals surface area contributed by atoms with Crippen LogP contribution in [0.3, 0.4) is 0 Å². The third-order valence-corrected chi connectivity index (χ3v) is 1.47. The Morgan fingerprint density at radius 3 is 2.14 bits per heavy atom. The van der Waals surface area contributed by atoms with E-state index in [4.69, 9.17) is 11.6 Å². The van der Waals surface area contributed by atoms with Gasteiger partial charge in [0.1, 0.15) is 5.75 Å². The van der Waals surface area contributed by atoms with Gasteiger partial charge in [-0.3, -0.25) is 0 Å². The molecule has 14 heavy (non-hydrogen) atoms. The van der Waals surface area contributed by atoms with Gasteiger partial charge in [-0.2, -0.15) is 0 Å². The average molecular weight is 233 g/mol. The lowest BCUT2D eigenvalue weighted by Crippen LogP contribution is -2.17. The molecule has 0 bridgehead atoms. The van der Waals surface area contributed by atoms with Crippen LogP contribution in [-0.4, -0.2) is 6.36 Å². The first-order valence-corrected chi connectivity index (χ1v) is 3.57. The van der Waals surface area contributed by atoms with Gasteiger partial charge < -0.3 is 4.74 Å².